The van der Waals surface area contributed by atoms with Crippen molar-refractivity contribution in [1.82, 2.24) is 0 Å². The molecule has 106 valence electrons. The molecule has 0 saturated heterocycles. The van der Waals surface area contributed by atoms with Crippen molar-refractivity contribution in [3.05, 3.63) is 58.3 Å². The minimum atomic E-state index is -0.253. The molecule has 2 aromatic rings. The Balaban J connectivity index is 1.98. The predicted octanol–water partition coefficient (Wildman–Crippen LogP) is 4.99. The van der Waals surface area contributed by atoms with Crippen LogP contribution in [-0.2, 0) is 6.54 Å². The zero-order chi connectivity index (χ0) is 14.5. The summed E-state index contributed by atoms with van der Waals surface area (Å²) in [5.74, 6) is 0.604. The van der Waals surface area contributed by atoms with E-state index in [9.17, 15) is 4.39 Å². The highest BCUT2D eigenvalue weighted by Gasteiger charge is 2.02. The van der Waals surface area contributed by atoms with Gasteiger partial charge < -0.3 is 10.1 Å². The fourth-order valence-corrected chi connectivity index (χ4v) is 2.18. The molecule has 0 aromatic heterocycles. The minimum absolute atomic E-state index is 0.169. The average molecular weight is 338 g/mol. The number of benzene rings is 2. The standard InChI is InChI=1S/C16H17BrFNO/c1-11(2)20-14-6-3-12(4-7-14)10-19-16-9-13(18)5-8-15(16)17/h3-9,11,19H,10H2,1-2H3. The number of anilines is 1. The smallest absolute Gasteiger partial charge is 0.125 e. The topological polar surface area (TPSA) is 21.3 Å². The zero-order valence-electron chi connectivity index (χ0n) is 11.5. The average Bonchev–Trinajstić information content (AvgIpc) is 2.41. The van der Waals surface area contributed by atoms with Gasteiger partial charge in [-0.25, -0.2) is 4.39 Å². The van der Waals surface area contributed by atoms with Crippen molar-refractivity contribution in [2.24, 2.45) is 0 Å². The Kier molecular flexibility index (Phi) is 5.01. The zero-order valence-corrected chi connectivity index (χ0v) is 13.1. The molecule has 0 amide bonds. The summed E-state index contributed by atoms with van der Waals surface area (Å²) < 4.78 is 19.6. The molecule has 20 heavy (non-hydrogen) atoms. The summed E-state index contributed by atoms with van der Waals surface area (Å²) in [6, 6.07) is 12.5. The summed E-state index contributed by atoms with van der Waals surface area (Å²) in [5, 5.41) is 3.20. The maximum absolute atomic E-state index is 13.2. The molecule has 0 aliphatic heterocycles. The molecule has 2 rings (SSSR count). The van der Waals surface area contributed by atoms with E-state index >= 15 is 0 Å². The van der Waals surface area contributed by atoms with Gasteiger partial charge >= 0.3 is 0 Å². The van der Waals surface area contributed by atoms with Gasteiger partial charge in [0, 0.05) is 11.0 Å². The molecule has 1 N–H and O–H groups in total. The monoisotopic (exact) mass is 337 g/mol. The Hall–Kier alpha value is -1.55. The van der Waals surface area contributed by atoms with Crippen LogP contribution in [0.5, 0.6) is 5.75 Å². The van der Waals surface area contributed by atoms with E-state index in [1.54, 1.807) is 6.07 Å². The van der Waals surface area contributed by atoms with Gasteiger partial charge in [0.05, 0.1) is 11.8 Å². The summed E-state index contributed by atoms with van der Waals surface area (Å²) in [6.07, 6.45) is 0.169. The summed E-state index contributed by atoms with van der Waals surface area (Å²) in [5.41, 5.74) is 1.85. The second-order valence-electron chi connectivity index (χ2n) is 4.79. The second-order valence-corrected chi connectivity index (χ2v) is 5.64. The Labute approximate surface area is 127 Å². The van der Waals surface area contributed by atoms with Gasteiger partial charge in [0.15, 0.2) is 0 Å². The van der Waals surface area contributed by atoms with Crippen LogP contribution in [0.25, 0.3) is 0 Å². The van der Waals surface area contributed by atoms with Crippen LogP contribution < -0.4 is 10.1 Å². The van der Waals surface area contributed by atoms with Gasteiger partial charge in [0.25, 0.3) is 0 Å². The van der Waals surface area contributed by atoms with Crippen LogP contribution in [-0.4, -0.2) is 6.10 Å². The van der Waals surface area contributed by atoms with Crippen LogP contribution in [0.3, 0.4) is 0 Å². The first kappa shape index (κ1) is 14.9. The van der Waals surface area contributed by atoms with Crippen LogP contribution in [0.2, 0.25) is 0 Å². The normalized spacial score (nSPS) is 10.7. The molecule has 0 saturated carbocycles. The van der Waals surface area contributed by atoms with Crippen molar-refractivity contribution < 1.29 is 9.13 Å². The number of ether oxygens (including phenoxy) is 1. The first-order valence-electron chi connectivity index (χ1n) is 6.49. The molecule has 0 heterocycles. The fourth-order valence-electron chi connectivity index (χ4n) is 1.79. The maximum Gasteiger partial charge on any atom is 0.125 e. The summed E-state index contributed by atoms with van der Waals surface area (Å²) in [4.78, 5) is 0. The highest BCUT2D eigenvalue weighted by Crippen LogP contribution is 2.24. The lowest BCUT2D eigenvalue weighted by Gasteiger charge is -2.11. The first-order chi connectivity index (χ1) is 9.54. The largest absolute Gasteiger partial charge is 0.491 e. The number of hydrogen-bond donors (Lipinski definition) is 1. The molecule has 0 aliphatic carbocycles. The van der Waals surface area contributed by atoms with Crippen LogP contribution in [0, 0.1) is 5.82 Å². The Morgan fingerprint density at radius 2 is 1.85 bits per heavy atom. The number of rotatable bonds is 5. The van der Waals surface area contributed by atoms with Crippen molar-refractivity contribution in [2.75, 3.05) is 5.32 Å². The van der Waals surface area contributed by atoms with Crippen molar-refractivity contribution in [2.45, 2.75) is 26.5 Å². The van der Waals surface area contributed by atoms with Crippen LogP contribution >= 0.6 is 15.9 Å². The van der Waals surface area contributed by atoms with E-state index in [4.69, 9.17) is 4.74 Å². The quantitative estimate of drug-likeness (QED) is 0.829. The minimum Gasteiger partial charge on any atom is -0.491 e. The lowest BCUT2D eigenvalue weighted by atomic mass is 10.2. The molecule has 0 unspecified atom stereocenters. The number of halogens is 2. The van der Waals surface area contributed by atoms with Crippen molar-refractivity contribution in [1.29, 1.82) is 0 Å². The maximum atomic E-state index is 13.2. The van der Waals surface area contributed by atoms with E-state index in [1.165, 1.54) is 12.1 Å². The molecule has 2 nitrogen and oxygen atoms in total. The molecule has 0 bridgehead atoms. The van der Waals surface area contributed by atoms with Gasteiger partial charge in [-0.3, -0.25) is 0 Å². The van der Waals surface area contributed by atoms with E-state index in [0.717, 1.165) is 21.5 Å². The molecular weight excluding hydrogens is 321 g/mol. The molecule has 0 aliphatic rings. The van der Waals surface area contributed by atoms with Crippen molar-refractivity contribution >= 4 is 21.6 Å². The first-order valence-corrected chi connectivity index (χ1v) is 7.28. The highest BCUT2D eigenvalue weighted by molar-refractivity contribution is 9.10. The number of nitrogens with one attached hydrogen (secondary N) is 1. The Morgan fingerprint density at radius 3 is 2.50 bits per heavy atom. The van der Waals surface area contributed by atoms with E-state index in [1.807, 2.05) is 38.1 Å². The van der Waals surface area contributed by atoms with Gasteiger partial charge in [-0.2, -0.15) is 0 Å². The third-order valence-corrected chi connectivity index (χ3v) is 3.40. The van der Waals surface area contributed by atoms with Gasteiger partial charge in [-0.1, -0.05) is 12.1 Å². The van der Waals surface area contributed by atoms with E-state index in [2.05, 4.69) is 21.2 Å². The van der Waals surface area contributed by atoms with Gasteiger partial charge in [0.2, 0.25) is 0 Å². The lowest BCUT2D eigenvalue weighted by molar-refractivity contribution is 0.242. The lowest BCUT2D eigenvalue weighted by Crippen LogP contribution is -2.05. The molecule has 0 radical (unpaired) electrons. The SMILES string of the molecule is CC(C)Oc1ccc(CNc2cc(F)ccc2Br)cc1. The third-order valence-electron chi connectivity index (χ3n) is 2.71. The highest BCUT2D eigenvalue weighted by atomic mass is 79.9. The van der Waals surface area contributed by atoms with Crippen molar-refractivity contribution in [3.8, 4) is 5.75 Å². The van der Waals surface area contributed by atoms with Crippen LogP contribution in [0.15, 0.2) is 46.9 Å². The Bertz CT molecular complexity index is 569. The van der Waals surface area contributed by atoms with E-state index in [-0.39, 0.29) is 11.9 Å². The molecule has 0 spiro atoms. The molecule has 2 aromatic carbocycles. The summed E-state index contributed by atoms with van der Waals surface area (Å²) >= 11 is 3.39. The Morgan fingerprint density at radius 1 is 1.15 bits per heavy atom. The van der Waals surface area contributed by atoms with Crippen LogP contribution in [0.1, 0.15) is 19.4 Å². The number of hydrogen-bond acceptors (Lipinski definition) is 2. The van der Waals surface area contributed by atoms with Gasteiger partial charge in [0.1, 0.15) is 11.6 Å². The van der Waals surface area contributed by atoms with E-state index in [0.29, 0.717) is 6.54 Å². The molecule has 0 atom stereocenters. The van der Waals surface area contributed by atoms with E-state index < -0.39 is 0 Å². The predicted molar refractivity (Wildman–Crippen MR) is 83.6 cm³/mol. The summed E-state index contributed by atoms with van der Waals surface area (Å²) in [7, 11) is 0. The molecule has 0 fully saturated rings. The van der Waals surface area contributed by atoms with Crippen molar-refractivity contribution in [3.63, 3.8) is 0 Å². The molecular formula is C16H17BrFNO. The fraction of sp³-hybridized carbons (Fsp3) is 0.250. The van der Waals surface area contributed by atoms with Gasteiger partial charge in [-0.05, 0) is 65.7 Å². The van der Waals surface area contributed by atoms with Crippen LogP contribution in [0.4, 0.5) is 10.1 Å². The molecule has 4 heteroatoms. The summed E-state index contributed by atoms with van der Waals surface area (Å²) in [6.45, 7) is 4.62. The second kappa shape index (κ2) is 6.75. The third kappa shape index (κ3) is 4.23. The van der Waals surface area contributed by atoms with Gasteiger partial charge in [-0.15, -0.1) is 0 Å².